The van der Waals surface area contributed by atoms with E-state index >= 15 is 0 Å². The number of carboxylic acid groups (broad SMARTS) is 1. The molecule has 1 atom stereocenters. The number of carbonyl (C=O) groups is 3. The molecular formula is C14H27N3O4. The summed E-state index contributed by atoms with van der Waals surface area (Å²) in [6, 6.07) is -0.380. The van der Waals surface area contributed by atoms with Crippen molar-refractivity contribution in [2.45, 2.75) is 46.0 Å². The van der Waals surface area contributed by atoms with Gasteiger partial charge in [0.25, 0.3) is 0 Å². The Labute approximate surface area is 125 Å². The summed E-state index contributed by atoms with van der Waals surface area (Å²) in [7, 11) is 0. The highest BCUT2D eigenvalue weighted by molar-refractivity contribution is 5.83. The molecule has 0 aromatic rings. The summed E-state index contributed by atoms with van der Waals surface area (Å²) in [5.41, 5.74) is 0. The van der Waals surface area contributed by atoms with Crippen LogP contribution in [0.4, 0.5) is 4.79 Å². The molecule has 0 aromatic carbocycles. The molecule has 4 N–H and O–H groups in total. The monoisotopic (exact) mass is 301 g/mol. The number of rotatable bonds is 11. The first-order valence-corrected chi connectivity index (χ1v) is 7.49. The van der Waals surface area contributed by atoms with E-state index in [0.717, 1.165) is 19.3 Å². The topological polar surface area (TPSA) is 108 Å². The lowest BCUT2D eigenvalue weighted by atomic mass is 9.94. The Morgan fingerprint density at radius 3 is 2.29 bits per heavy atom. The van der Waals surface area contributed by atoms with Gasteiger partial charge in [0.05, 0.1) is 6.54 Å². The number of carbonyl (C=O) groups excluding carboxylic acids is 2. The van der Waals surface area contributed by atoms with Gasteiger partial charge in [-0.15, -0.1) is 0 Å². The zero-order valence-corrected chi connectivity index (χ0v) is 12.9. The lowest BCUT2D eigenvalue weighted by molar-refractivity contribution is -0.137. The van der Waals surface area contributed by atoms with Crippen LogP contribution in [0.5, 0.6) is 0 Å². The molecule has 0 saturated carbocycles. The molecule has 7 heteroatoms. The van der Waals surface area contributed by atoms with Crippen molar-refractivity contribution in [1.29, 1.82) is 0 Å². The highest BCUT2D eigenvalue weighted by Crippen LogP contribution is 2.16. The minimum Gasteiger partial charge on any atom is -0.481 e. The van der Waals surface area contributed by atoms with E-state index in [1.54, 1.807) is 0 Å². The van der Waals surface area contributed by atoms with Crippen LogP contribution in [0.3, 0.4) is 0 Å². The van der Waals surface area contributed by atoms with E-state index in [1.807, 2.05) is 6.92 Å². The van der Waals surface area contributed by atoms with Gasteiger partial charge < -0.3 is 21.1 Å². The maximum absolute atomic E-state index is 11.5. The van der Waals surface area contributed by atoms with E-state index < -0.39 is 5.97 Å². The molecule has 0 bridgehead atoms. The average Bonchev–Trinajstić information content (AvgIpc) is 2.42. The van der Waals surface area contributed by atoms with Gasteiger partial charge >= 0.3 is 12.0 Å². The molecule has 0 fully saturated rings. The molecule has 0 aliphatic heterocycles. The molecule has 0 aliphatic rings. The van der Waals surface area contributed by atoms with Crippen molar-refractivity contribution in [3.63, 3.8) is 0 Å². The quantitative estimate of drug-likeness (QED) is 0.458. The van der Waals surface area contributed by atoms with Crippen molar-refractivity contribution in [1.82, 2.24) is 16.0 Å². The van der Waals surface area contributed by atoms with Crippen molar-refractivity contribution >= 4 is 17.9 Å². The molecule has 0 rings (SSSR count). The molecule has 1 unspecified atom stereocenters. The average molecular weight is 301 g/mol. The van der Waals surface area contributed by atoms with Gasteiger partial charge in [-0.25, -0.2) is 4.79 Å². The Morgan fingerprint density at radius 1 is 1.00 bits per heavy atom. The lowest BCUT2D eigenvalue weighted by Gasteiger charge is -2.15. The zero-order chi connectivity index (χ0) is 16.1. The predicted octanol–water partition coefficient (Wildman–Crippen LogP) is 1.09. The highest BCUT2D eigenvalue weighted by atomic mass is 16.4. The summed E-state index contributed by atoms with van der Waals surface area (Å²) in [5, 5.41) is 16.4. The number of hydrogen-bond donors (Lipinski definition) is 4. The van der Waals surface area contributed by atoms with Crippen molar-refractivity contribution < 1.29 is 19.5 Å². The maximum Gasteiger partial charge on any atom is 0.315 e. The molecule has 0 aromatic heterocycles. The molecule has 0 aliphatic carbocycles. The standard InChI is InChI=1S/C14H27N3O4/c1-3-5-11(6-7-13(19)20)8-9-16-14(21)17-10-12(18)15-4-2/h11H,3-10H2,1-2H3,(H,15,18)(H,19,20)(H2,16,17,21). The number of nitrogens with one attached hydrogen (secondary N) is 3. The maximum atomic E-state index is 11.5. The Bertz CT molecular complexity index is 334. The second kappa shape index (κ2) is 12.0. The fourth-order valence-electron chi connectivity index (χ4n) is 2.04. The molecule has 3 amide bonds. The lowest BCUT2D eigenvalue weighted by Crippen LogP contribution is -2.42. The van der Waals surface area contributed by atoms with E-state index in [9.17, 15) is 14.4 Å². The Morgan fingerprint density at radius 2 is 1.71 bits per heavy atom. The number of amides is 3. The predicted molar refractivity (Wildman–Crippen MR) is 80.0 cm³/mol. The van der Waals surface area contributed by atoms with Crippen LogP contribution in [0.1, 0.15) is 46.0 Å². The molecule has 0 radical (unpaired) electrons. The van der Waals surface area contributed by atoms with Crippen LogP contribution in [0.15, 0.2) is 0 Å². The SMILES string of the molecule is CCCC(CCNC(=O)NCC(=O)NCC)CCC(=O)O. The normalized spacial score (nSPS) is 11.5. The van der Waals surface area contributed by atoms with Gasteiger partial charge in [-0.2, -0.15) is 0 Å². The summed E-state index contributed by atoms with van der Waals surface area (Å²) in [6.45, 7) is 4.83. The van der Waals surface area contributed by atoms with E-state index in [1.165, 1.54) is 0 Å². The number of hydrogen-bond acceptors (Lipinski definition) is 3. The third-order valence-corrected chi connectivity index (χ3v) is 3.08. The van der Waals surface area contributed by atoms with E-state index in [-0.39, 0.29) is 24.9 Å². The number of likely N-dealkylation sites (N-methyl/N-ethyl adjacent to an activating group) is 1. The van der Waals surface area contributed by atoms with Crippen LogP contribution in [-0.2, 0) is 9.59 Å². The first-order chi connectivity index (χ1) is 9.99. The molecule has 21 heavy (non-hydrogen) atoms. The van der Waals surface area contributed by atoms with Crippen LogP contribution in [0.2, 0.25) is 0 Å². The molecule has 0 heterocycles. The van der Waals surface area contributed by atoms with Gasteiger partial charge in [-0.3, -0.25) is 9.59 Å². The number of aliphatic carboxylic acids is 1. The van der Waals surface area contributed by atoms with Gasteiger partial charge in [-0.05, 0) is 25.7 Å². The van der Waals surface area contributed by atoms with E-state index in [2.05, 4.69) is 22.9 Å². The van der Waals surface area contributed by atoms with Crippen LogP contribution in [0.25, 0.3) is 0 Å². The summed E-state index contributed by atoms with van der Waals surface area (Å²) in [6.07, 6.45) is 3.48. The van der Waals surface area contributed by atoms with Crippen LogP contribution >= 0.6 is 0 Å². The smallest absolute Gasteiger partial charge is 0.315 e. The van der Waals surface area contributed by atoms with Gasteiger partial charge in [0.2, 0.25) is 5.91 Å². The fourth-order valence-corrected chi connectivity index (χ4v) is 2.04. The van der Waals surface area contributed by atoms with Crippen molar-refractivity contribution in [2.75, 3.05) is 19.6 Å². The summed E-state index contributed by atoms with van der Waals surface area (Å²) in [4.78, 5) is 33.2. The van der Waals surface area contributed by atoms with Gasteiger partial charge in [0.1, 0.15) is 0 Å². The largest absolute Gasteiger partial charge is 0.481 e. The third-order valence-electron chi connectivity index (χ3n) is 3.08. The minimum atomic E-state index is -0.788. The first kappa shape index (κ1) is 19.2. The Kier molecular flexibility index (Phi) is 11.0. The number of carboxylic acids is 1. The van der Waals surface area contributed by atoms with Gasteiger partial charge in [-0.1, -0.05) is 19.8 Å². The highest BCUT2D eigenvalue weighted by Gasteiger charge is 2.11. The van der Waals surface area contributed by atoms with E-state index in [0.29, 0.717) is 25.4 Å². The van der Waals surface area contributed by atoms with Crippen LogP contribution < -0.4 is 16.0 Å². The molecule has 0 spiro atoms. The number of urea groups is 1. The van der Waals surface area contributed by atoms with Crippen molar-refractivity contribution in [2.24, 2.45) is 5.92 Å². The summed E-state index contributed by atoms with van der Waals surface area (Å²) in [5.74, 6) is -0.712. The van der Waals surface area contributed by atoms with Crippen molar-refractivity contribution in [3.05, 3.63) is 0 Å². The minimum absolute atomic E-state index is 0.0446. The van der Waals surface area contributed by atoms with Crippen LogP contribution in [0, 0.1) is 5.92 Å². The molecule has 0 saturated heterocycles. The Balaban J connectivity index is 3.83. The molecule has 122 valence electrons. The third kappa shape index (κ3) is 11.7. The zero-order valence-electron chi connectivity index (χ0n) is 12.9. The summed E-state index contributed by atoms with van der Waals surface area (Å²) >= 11 is 0. The van der Waals surface area contributed by atoms with Gasteiger partial charge in [0, 0.05) is 19.5 Å². The second-order valence-electron chi connectivity index (χ2n) is 4.94. The second-order valence-corrected chi connectivity index (χ2v) is 4.94. The summed E-state index contributed by atoms with van der Waals surface area (Å²) < 4.78 is 0. The van der Waals surface area contributed by atoms with E-state index in [4.69, 9.17) is 5.11 Å². The Hall–Kier alpha value is -1.79. The van der Waals surface area contributed by atoms with Crippen LogP contribution in [-0.4, -0.2) is 42.6 Å². The molecular weight excluding hydrogens is 274 g/mol. The van der Waals surface area contributed by atoms with Crippen molar-refractivity contribution in [3.8, 4) is 0 Å². The molecule has 7 nitrogen and oxygen atoms in total. The first-order valence-electron chi connectivity index (χ1n) is 7.49. The fraction of sp³-hybridized carbons (Fsp3) is 0.786. The van der Waals surface area contributed by atoms with Gasteiger partial charge in [0.15, 0.2) is 0 Å².